The molecule has 0 spiro atoms. The Kier molecular flexibility index (Phi) is 3.40. The molecule has 0 aromatic heterocycles. The number of hydrogen-bond acceptors (Lipinski definition) is 5. The minimum atomic E-state index is -4.38. The Morgan fingerprint density at radius 1 is 1.40 bits per heavy atom. The number of amides is 1. The molecule has 20 heavy (non-hydrogen) atoms. The molecule has 1 aliphatic heterocycles. The molecule has 1 atom stereocenters. The van der Waals surface area contributed by atoms with Crippen LogP contribution in [0.5, 0.6) is 0 Å². The van der Waals surface area contributed by atoms with E-state index in [2.05, 4.69) is 0 Å². The minimum absolute atomic E-state index is 0.0242. The van der Waals surface area contributed by atoms with E-state index in [1.165, 1.54) is 11.0 Å². The molecular formula is C11H12N2O6S. The fraction of sp³-hybridized carbons (Fsp3) is 0.273. The van der Waals surface area contributed by atoms with Gasteiger partial charge in [0.15, 0.2) is 0 Å². The highest BCUT2D eigenvalue weighted by molar-refractivity contribution is 7.85. The zero-order valence-electron chi connectivity index (χ0n) is 10.2. The smallest absolute Gasteiger partial charge is 0.308 e. The van der Waals surface area contributed by atoms with E-state index in [0.29, 0.717) is 0 Å². The molecule has 1 aromatic rings. The van der Waals surface area contributed by atoms with Gasteiger partial charge in [0.2, 0.25) is 5.91 Å². The van der Waals surface area contributed by atoms with Crippen molar-refractivity contribution in [3.63, 3.8) is 0 Å². The molecule has 1 aromatic carbocycles. The van der Waals surface area contributed by atoms with Crippen molar-refractivity contribution in [2.45, 2.75) is 11.3 Å². The molecule has 108 valence electrons. The van der Waals surface area contributed by atoms with E-state index < -0.39 is 27.9 Å². The number of rotatable bonds is 3. The molecule has 0 aliphatic carbocycles. The van der Waals surface area contributed by atoms with Crippen LogP contribution in [0.25, 0.3) is 0 Å². The lowest BCUT2D eigenvalue weighted by molar-refractivity contribution is -0.141. The van der Waals surface area contributed by atoms with Gasteiger partial charge in [0.25, 0.3) is 10.1 Å². The largest absolute Gasteiger partial charge is 0.481 e. The molecule has 0 radical (unpaired) electrons. The van der Waals surface area contributed by atoms with Crippen LogP contribution >= 0.6 is 0 Å². The number of nitrogen functional groups attached to an aromatic ring is 1. The quantitative estimate of drug-likeness (QED) is 0.525. The van der Waals surface area contributed by atoms with Crippen LogP contribution in [-0.2, 0) is 19.7 Å². The summed E-state index contributed by atoms with van der Waals surface area (Å²) in [5.74, 6) is -2.29. The summed E-state index contributed by atoms with van der Waals surface area (Å²) < 4.78 is 30.8. The Labute approximate surface area is 114 Å². The third-order valence-corrected chi connectivity index (χ3v) is 3.91. The van der Waals surface area contributed by atoms with Crippen molar-refractivity contribution in [1.29, 1.82) is 0 Å². The number of carboxylic acids is 1. The summed E-state index contributed by atoms with van der Waals surface area (Å²) in [6.45, 7) is -0.0242. The van der Waals surface area contributed by atoms with Crippen molar-refractivity contribution in [3.05, 3.63) is 18.2 Å². The second kappa shape index (κ2) is 4.76. The average molecular weight is 300 g/mol. The van der Waals surface area contributed by atoms with Crippen LogP contribution < -0.4 is 10.6 Å². The maximum absolute atomic E-state index is 11.8. The maximum atomic E-state index is 11.8. The van der Waals surface area contributed by atoms with Gasteiger partial charge < -0.3 is 15.7 Å². The van der Waals surface area contributed by atoms with Gasteiger partial charge in [-0.15, -0.1) is 0 Å². The fourth-order valence-electron chi connectivity index (χ4n) is 2.04. The lowest BCUT2D eigenvalue weighted by Crippen LogP contribution is -2.26. The molecule has 8 nitrogen and oxygen atoms in total. The monoisotopic (exact) mass is 300 g/mol. The van der Waals surface area contributed by atoms with Crippen LogP contribution in [0.2, 0.25) is 0 Å². The standard InChI is InChI=1S/C11H12N2O6S/c12-8-4-7(20(17,18)19)1-2-9(8)13-5-6(11(15)16)3-10(13)14/h1-2,4,6H,3,5,12H2,(H,15,16)(H,17,18,19). The Bertz CT molecular complexity index is 684. The molecule has 0 saturated carbocycles. The van der Waals surface area contributed by atoms with Crippen molar-refractivity contribution >= 4 is 33.4 Å². The highest BCUT2D eigenvalue weighted by Gasteiger charge is 2.35. The van der Waals surface area contributed by atoms with Gasteiger partial charge in [0.05, 0.1) is 22.2 Å². The normalized spacial score (nSPS) is 19.4. The molecular weight excluding hydrogens is 288 g/mol. The van der Waals surface area contributed by atoms with E-state index >= 15 is 0 Å². The van der Waals surface area contributed by atoms with Crippen LogP contribution in [0.1, 0.15) is 6.42 Å². The highest BCUT2D eigenvalue weighted by Crippen LogP contribution is 2.31. The number of nitrogens with zero attached hydrogens (tertiary/aromatic N) is 1. The van der Waals surface area contributed by atoms with E-state index in [9.17, 15) is 18.0 Å². The van der Waals surface area contributed by atoms with Crippen molar-refractivity contribution in [2.75, 3.05) is 17.2 Å². The second-order valence-electron chi connectivity index (χ2n) is 4.44. The predicted octanol–water partition coefficient (Wildman–Crippen LogP) is -0.0470. The molecule has 1 aliphatic rings. The van der Waals surface area contributed by atoms with Gasteiger partial charge >= 0.3 is 5.97 Å². The first-order valence-corrected chi connectivity index (χ1v) is 7.04. The van der Waals surface area contributed by atoms with E-state index in [1.54, 1.807) is 0 Å². The van der Waals surface area contributed by atoms with Crippen LogP contribution in [0, 0.1) is 5.92 Å². The number of benzene rings is 1. The highest BCUT2D eigenvalue weighted by atomic mass is 32.2. The molecule has 1 saturated heterocycles. The third kappa shape index (κ3) is 2.58. The Hall–Kier alpha value is -2.13. The molecule has 4 N–H and O–H groups in total. The summed E-state index contributed by atoms with van der Waals surface area (Å²) in [4.78, 5) is 23.4. The van der Waals surface area contributed by atoms with Gasteiger partial charge in [0.1, 0.15) is 0 Å². The van der Waals surface area contributed by atoms with E-state index in [1.807, 2.05) is 0 Å². The summed E-state index contributed by atoms with van der Waals surface area (Å²) in [6.07, 6.45) is -0.130. The first-order valence-electron chi connectivity index (χ1n) is 5.60. The number of carbonyl (C=O) groups is 2. The zero-order valence-corrected chi connectivity index (χ0v) is 11.0. The summed E-state index contributed by atoms with van der Waals surface area (Å²) in [5.41, 5.74) is 5.86. The van der Waals surface area contributed by atoms with E-state index in [4.69, 9.17) is 15.4 Å². The average Bonchev–Trinajstić information content (AvgIpc) is 2.70. The first-order chi connectivity index (χ1) is 9.20. The van der Waals surface area contributed by atoms with Crippen molar-refractivity contribution < 1.29 is 27.7 Å². The molecule has 1 unspecified atom stereocenters. The summed E-state index contributed by atoms with van der Waals surface area (Å²) >= 11 is 0. The Morgan fingerprint density at radius 3 is 2.50 bits per heavy atom. The first kappa shape index (κ1) is 14.3. The minimum Gasteiger partial charge on any atom is -0.481 e. The van der Waals surface area contributed by atoms with Gasteiger partial charge in [-0.3, -0.25) is 14.1 Å². The second-order valence-corrected chi connectivity index (χ2v) is 5.86. The van der Waals surface area contributed by atoms with Crippen molar-refractivity contribution in [1.82, 2.24) is 0 Å². The Morgan fingerprint density at radius 2 is 2.05 bits per heavy atom. The van der Waals surface area contributed by atoms with Gasteiger partial charge in [-0.05, 0) is 18.2 Å². The number of aliphatic carboxylic acids is 1. The van der Waals surface area contributed by atoms with Crippen LogP contribution in [0.3, 0.4) is 0 Å². The number of carbonyl (C=O) groups excluding carboxylic acids is 1. The van der Waals surface area contributed by atoms with Crippen molar-refractivity contribution in [2.24, 2.45) is 5.92 Å². The number of anilines is 2. The molecule has 9 heteroatoms. The molecule has 2 rings (SSSR count). The lowest BCUT2D eigenvalue weighted by atomic mass is 10.1. The predicted molar refractivity (Wildman–Crippen MR) is 68.8 cm³/mol. The summed E-state index contributed by atoms with van der Waals surface area (Å²) in [7, 11) is -4.38. The third-order valence-electron chi connectivity index (χ3n) is 3.06. The van der Waals surface area contributed by atoms with Crippen molar-refractivity contribution in [3.8, 4) is 0 Å². The van der Waals surface area contributed by atoms with Gasteiger partial charge in [-0.25, -0.2) is 0 Å². The molecule has 1 heterocycles. The fourth-order valence-corrected chi connectivity index (χ4v) is 2.56. The number of hydrogen-bond donors (Lipinski definition) is 3. The Balaban J connectivity index is 2.35. The number of nitrogens with two attached hydrogens (primary N) is 1. The zero-order chi connectivity index (χ0) is 15.1. The van der Waals surface area contributed by atoms with E-state index in [-0.39, 0.29) is 29.2 Å². The molecule has 0 bridgehead atoms. The maximum Gasteiger partial charge on any atom is 0.308 e. The number of carboxylic acid groups (broad SMARTS) is 1. The van der Waals surface area contributed by atoms with Gasteiger partial charge in [-0.1, -0.05) is 0 Å². The lowest BCUT2D eigenvalue weighted by Gasteiger charge is -2.18. The molecule has 1 fully saturated rings. The SMILES string of the molecule is Nc1cc(S(=O)(=O)O)ccc1N1CC(C(=O)O)CC1=O. The van der Waals surface area contributed by atoms with Crippen LogP contribution in [0.4, 0.5) is 11.4 Å². The van der Waals surface area contributed by atoms with Gasteiger partial charge in [-0.2, -0.15) is 8.42 Å². The summed E-state index contributed by atoms with van der Waals surface area (Å²) in [5, 5.41) is 8.89. The van der Waals surface area contributed by atoms with Crippen LogP contribution in [-0.4, -0.2) is 36.5 Å². The molecule has 1 amide bonds. The van der Waals surface area contributed by atoms with Gasteiger partial charge in [0, 0.05) is 13.0 Å². The van der Waals surface area contributed by atoms with Crippen LogP contribution in [0.15, 0.2) is 23.1 Å². The summed E-state index contributed by atoms with van der Waals surface area (Å²) in [6, 6.07) is 3.38. The van der Waals surface area contributed by atoms with E-state index in [0.717, 1.165) is 12.1 Å². The topological polar surface area (TPSA) is 138 Å².